The van der Waals surface area contributed by atoms with E-state index in [9.17, 15) is 9.59 Å². The van der Waals surface area contributed by atoms with Crippen molar-refractivity contribution in [2.75, 3.05) is 32.2 Å². The van der Waals surface area contributed by atoms with Gasteiger partial charge in [0.25, 0.3) is 5.91 Å². The largest absolute Gasteiger partial charge is 0.493 e. The molecule has 1 unspecified atom stereocenters. The lowest BCUT2D eigenvalue weighted by Crippen LogP contribution is -2.39. The van der Waals surface area contributed by atoms with E-state index < -0.39 is 11.9 Å². The summed E-state index contributed by atoms with van der Waals surface area (Å²) < 4.78 is 11.2. The number of benzene rings is 2. The summed E-state index contributed by atoms with van der Waals surface area (Å²) in [6.45, 7) is 0.499. The summed E-state index contributed by atoms with van der Waals surface area (Å²) >= 11 is 0. The number of ether oxygens (including phenoxy) is 2. The average Bonchev–Trinajstić information content (AvgIpc) is 3.00. The summed E-state index contributed by atoms with van der Waals surface area (Å²) in [7, 11) is 3.09. The van der Waals surface area contributed by atoms with E-state index in [-0.39, 0.29) is 17.5 Å². The minimum atomic E-state index is -0.611. The Morgan fingerprint density at radius 3 is 2.55 bits per heavy atom. The Kier molecular flexibility index (Phi) is 8.00. The van der Waals surface area contributed by atoms with Crippen LogP contribution in [-0.4, -0.2) is 52.4 Å². The van der Waals surface area contributed by atoms with E-state index in [1.54, 1.807) is 49.7 Å². The first-order valence-corrected chi connectivity index (χ1v) is 13.2. The summed E-state index contributed by atoms with van der Waals surface area (Å²) in [6.07, 6.45) is 7.54. The van der Waals surface area contributed by atoms with Crippen LogP contribution in [0, 0.1) is 0 Å². The molecule has 4 aromatic rings. The molecule has 0 saturated heterocycles. The molecule has 214 valence electrons. The lowest BCUT2D eigenvalue weighted by molar-refractivity contribution is -0.127. The van der Waals surface area contributed by atoms with Crippen LogP contribution in [0.25, 0.3) is 6.08 Å². The monoisotopic (exact) mass is 565 g/mol. The molecule has 11 nitrogen and oxygen atoms in total. The first kappa shape index (κ1) is 28.1. The number of amides is 2. The molecule has 6 N–H and O–H groups in total. The van der Waals surface area contributed by atoms with Crippen molar-refractivity contribution in [2.24, 2.45) is 5.73 Å². The molecule has 0 spiro atoms. The second-order valence-electron chi connectivity index (χ2n) is 9.79. The molecule has 0 bridgehead atoms. The zero-order valence-electron chi connectivity index (χ0n) is 23.3. The number of primary amides is 1. The number of hydrogen-bond acceptors (Lipinski definition) is 9. The van der Waals surface area contributed by atoms with Gasteiger partial charge in [0.15, 0.2) is 11.5 Å². The van der Waals surface area contributed by atoms with Gasteiger partial charge in [0.2, 0.25) is 11.9 Å². The standard InChI is InChI=1S/C31H31N7O4/c1-41-25-15-18(14-22-17-36-31(34)37-29(22)32)13-20(28(25)42-2)8-10-26(39)38-12-11-19-5-3-4-6-23(19)27(38)21-7-9-24(30(33)40)35-16-21/h3-10,13,15-17,27H,11-12,14H2,1-2H3,(H2,33,40)(H4,32,34,36,37). The summed E-state index contributed by atoms with van der Waals surface area (Å²) in [4.78, 5) is 39.5. The molecule has 0 aliphatic carbocycles. The van der Waals surface area contributed by atoms with Gasteiger partial charge in [-0.3, -0.25) is 14.6 Å². The fourth-order valence-electron chi connectivity index (χ4n) is 5.20. The Bertz CT molecular complexity index is 1670. The number of rotatable bonds is 8. The summed E-state index contributed by atoms with van der Waals surface area (Å²) in [5, 5.41) is 0. The number of nitrogen functional groups attached to an aromatic ring is 2. The highest BCUT2D eigenvalue weighted by atomic mass is 16.5. The number of nitrogens with two attached hydrogens (primary N) is 3. The number of fused-ring (bicyclic) bond motifs is 1. The lowest BCUT2D eigenvalue weighted by Gasteiger charge is -2.37. The van der Waals surface area contributed by atoms with Gasteiger partial charge in [-0.2, -0.15) is 4.98 Å². The van der Waals surface area contributed by atoms with E-state index in [1.165, 1.54) is 6.08 Å². The quantitative estimate of drug-likeness (QED) is 0.272. The number of pyridine rings is 1. The number of carbonyl (C=O) groups is 2. The average molecular weight is 566 g/mol. The predicted molar refractivity (Wildman–Crippen MR) is 159 cm³/mol. The third-order valence-corrected chi connectivity index (χ3v) is 7.21. The predicted octanol–water partition coefficient (Wildman–Crippen LogP) is 2.93. The Morgan fingerprint density at radius 1 is 1.05 bits per heavy atom. The molecule has 1 aliphatic heterocycles. The van der Waals surface area contributed by atoms with Crippen molar-refractivity contribution >= 4 is 29.7 Å². The molecule has 1 aliphatic rings. The molecule has 0 radical (unpaired) electrons. The Labute approximate surface area is 243 Å². The fourth-order valence-corrected chi connectivity index (χ4v) is 5.20. The van der Waals surface area contributed by atoms with Gasteiger partial charge in [0, 0.05) is 42.6 Å². The maximum atomic E-state index is 13.8. The highest BCUT2D eigenvalue weighted by Crippen LogP contribution is 2.37. The van der Waals surface area contributed by atoms with Crippen molar-refractivity contribution in [1.82, 2.24) is 19.9 Å². The van der Waals surface area contributed by atoms with E-state index in [1.807, 2.05) is 30.3 Å². The number of nitrogens with zero attached hydrogens (tertiary/aromatic N) is 4. The maximum Gasteiger partial charge on any atom is 0.267 e. The second kappa shape index (κ2) is 12.0. The molecule has 11 heteroatoms. The molecule has 0 saturated carbocycles. The third kappa shape index (κ3) is 5.71. The van der Waals surface area contributed by atoms with Crippen LogP contribution in [0.15, 0.2) is 67.0 Å². The molecule has 2 aromatic heterocycles. The molecule has 2 amide bonds. The number of aromatic nitrogens is 3. The molecule has 1 atom stereocenters. The van der Waals surface area contributed by atoms with Gasteiger partial charge in [0.05, 0.1) is 20.3 Å². The van der Waals surface area contributed by atoms with Crippen LogP contribution in [-0.2, 0) is 17.6 Å². The minimum Gasteiger partial charge on any atom is -0.493 e. The van der Waals surface area contributed by atoms with E-state index >= 15 is 0 Å². The normalized spacial score (nSPS) is 14.4. The maximum absolute atomic E-state index is 13.8. The Balaban J connectivity index is 1.48. The van der Waals surface area contributed by atoms with Gasteiger partial charge in [-0.05, 0) is 52.9 Å². The number of carbonyl (C=O) groups excluding carboxylic acids is 2. The third-order valence-electron chi connectivity index (χ3n) is 7.21. The fraction of sp³-hybridized carbons (Fsp3) is 0.194. The van der Waals surface area contributed by atoms with Gasteiger partial charge in [0.1, 0.15) is 11.5 Å². The molecule has 3 heterocycles. The smallest absolute Gasteiger partial charge is 0.267 e. The summed E-state index contributed by atoms with van der Waals surface area (Å²) in [5.74, 6) is 0.569. The van der Waals surface area contributed by atoms with Crippen LogP contribution < -0.4 is 26.7 Å². The molecule has 5 rings (SSSR count). The SMILES string of the molecule is COc1cc(Cc2cnc(N)nc2N)cc(C=CC(=O)N2CCc3ccccc3C2c2ccc(C(N)=O)nc2)c1OC. The van der Waals surface area contributed by atoms with E-state index in [4.69, 9.17) is 26.7 Å². The van der Waals surface area contributed by atoms with E-state index in [2.05, 4.69) is 21.0 Å². The van der Waals surface area contributed by atoms with E-state index in [0.717, 1.165) is 22.3 Å². The van der Waals surface area contributed by atoms with Crippen molar-refractivity contribution in [3.63, 3.8) is 0 Å². The Morgan fingerprint density at radius 2 is 1.86 bits per heavy atom. The van der Waals surface area contributed by atoms with E-state index in [0.29, 0.717) is 47.8 Å². The van der Waals surface area contributed by atoms with Crippen LogP contribution in [0.5, 0.6) is 11.5 Å². The topological polar surface area (TPSA) is 173 Å². The zero-order chi connectivity index (χ0) is 29.8. The minimum absolute atomic E-state index is 0.101. The molecular formula is C31H31N7O4. The molecule has 0 fully saturated rings. The van der Waals surface area contributed by atoms with Crippen molar-refractivity contribution in [3.8, 4) is 11.5 Å². The van der Waals surface area contributed by atoms with Crippen LogP contribution in [0.1, 0.15) is 49.9 Å². The first-order chi connectivity index (χ1) is 20.3. The number of hydrogen-bond donors (Lipinski definition) is 3. The van der Waals surface area contributed by atoms with Crippen molar-refractivity contribution in [2.45, 2.75) is 18.9 Å². The highest BCUT2D eigenvalue weighted by molar-refractivity contribution is 5.93. The van der Waals surface area contributed by atoms with Gasteiger partial charge in [-0.15, -0.1) is 0 Å². The van der Waals surface area contributed by atoms with Crippen LogP contribution in [0.4, 0.5) is 11.8 Å². The molecule has 42 heavy (non-hydrogen) atoms. The van der Waals surface area contributed by atoms with Gasteiger partial charge >= 0.3 is 0 Å². The molecular weight excluding hydrogens is 534 g/mol. The van der Waals surface area contributed by atoms with Gasteiger partial charge in [-0.1, -0.05) is 30.3 Å². The van der Waals surface area contributed by atoms with Crippen molar-refractivity contribution in [1.29, 1.82) is 0 Å². The van der Waals surface area contributed by atoms with Crippen LogP contribution >= 0.6 is 0 Å². The summed E-state index contributed by atoms with van der Waals surface area (Å²) in [6, 6.07) is 14.7. The lowest BCUT2D eigenvalue weighted by atomic mass is 9.88. The number of methoxy groups -OCH3 is 2. The van der Waals surface area contributed by atoms with Crippen molar-refractivity contribution < 1.29 is 19.1 Å². The highest BCUT2D eigenvalue weighted by Gasteiger charge is 2.31. The zero-order valence-corrected chi connectivity index (χ0v) is 23.3. The van der Waals surface area contributed by atoms with Gasteiger partial charge < -0.3 is 31.6 Å². The number of anilines is 2. The second-order valence-corrected chi connectivity index (χ2v) is 9.79. The van der Waals surface area contributed by atoms with Crippen molar-refractivity contribution in [3.05, 3.63) is 106 Å². The Hall–Kier alpha value is -5.45. The summed E-state index contributed by atoms with van der Waals surface area (Å²) in [5.41, 5.74) is 22.4. The van der Waals surface area contributed by atoms with Crippen LogP contribution in [0.3, 0.4) is 0 Å². The van der Waals surface area contributed by atoms with Gasteiger partial charge in [-0.25, -0.2) is 4.98 Å². The molecule has 2 aromatic carbocycles. The van der Waals surface area contributed by atoms with Crippen LogP contribution in [0.2, 0.25) is 0 Å². The first-order valence-electron chi connectivity index (χ1n) is 13.2.